The quantitative estimate of drug-likeness (QED) is 0.0651. The number of aliphatic carboxylic acids is 1. The maximum atomic E-state index is 14.2. The van der Waals surface area contributed by atoms with E-state index in [4.69, 9.17) is 30.9 Å². The summed E-state index contributed by atoms with van der Waals surface area (Å²) >= 11 is 2.32. The number of nitrogens with zero attached hydrogens (tertiary/aromatic N) is 5. The first-order chi connectivity index (χ1) is 25.8. The van der Waals surface area contributed by atoms with Crippen molar-refractivity contribution in [1.29, 1.82) is 0 Å². The molecule has 20 heteroatoms. The van der Waals surface area contributed by atoms with Gasteiger partial charge in [-0.3, -0.25) is 14.5 Å². The van der Waals surface area contributed by atoms with Gasteiger partial charge < -0.3 is 36.3 Å². The molecule has 0 aliphatic carbocycles. The molecular weight excluding hydrogens is 754 g/mol. The zero-order valence-electron chi connectivity index (χ0n) is 28.1. The van der Waals surface area contributed by atoms with E-state index in [9.17, 15) is 27.6 Å². The Hall–Kier alpha value is -6.02. The Kier molecular flexibility index (Phi) is 12.5. The third kappa shape index (κ3) is 9.31. The summed E-state index contributed by atoms with van der Waals surface area (Å²) in [6.45, 7) is 2.20. The van der Waals surface area contributed by atoms with Gasteiger partial charge in [-0.25, -0.2) is 4.79 Å². The summed E-state index contributed by atoms with van der Waals surface area (Å²) in [5.41, 5.74) is 14.4. The average molecular weight is 785 g/mol. The molecule has 0 saturated carbocycles. The lowest BCUT2D eigenvalue weighted by atomic mass is 10.0. The number of carbonyl (C=O) groups excluding carboxylic acids is 4. The number of nitrogens with one attached hydrogen (secondary N) is 1. The molecule has 5 N–H and O–H groups in total. The first kappa shape index (κ1) is 39.2. The molecule has 15 nitrogen and oxygen atoms in total. The minimum atomic E-state index is -5.19. The number of carboxylic acids is 1. The molecule has 2 amide bonds. The number of nitrogens with two attached hydrogens (primary N) is 2. The first-order valence-electron chi connectivity index (χ1n) is 15.9. The summed E-state index contributed by atoms with van der Waals surface area (Å²) < 4.78 is 43.7. The first-order valence-corrected chi connectivity index (χ1v) is 17.7. The fraction of sp³-hybridized carbons (Fsp3) is 0.235. The van der Waals surface area contributed by atoms with E-state index in [1.165, 1.54) is 16.7 Å². The molecule has 2 aliphatic heterocycles. The Balaban J connectivity index is 0.000000730. The number of pyridine rings is 1. The number of nitrogen functional groups attached to an aromatic ring is 2. The van der Waals surface area contributed by atoms with Crippen LogP contribution >= 0.6 is 23.3 Å². The summed E-state index contributed by atoms with van der Waals surface area (Å²) in [6.07, 6.45) is -2.34. The third-order valence-electron chi connectivity index (χ3n) is 7.60. The van der Waals surface area contributed by atoms with Crippen LogP contribution in [0, 0.1) is 0 Å². The number of hydrogen-bond acceptors (Lipinski definition) is 14. The van der Waals surface area contributed by atoms with Crippen LogP contribution in [0.4, 0.5) is 24.0 Å². The van der Waals surface area contributed by atoms with Gasteiger partial charge in [0.25, 0.3) is 11.8 Å². The lowest BCUT2D eigenvalue weighted by Crippen LogP contribution is -2.71. The van der Waals surface area contributed by atoms with Crippen molar-refractivity contribution in [3.63, 3.8) is 0 Å². The molecule has 54 heavy (non-hydrogen) atoms. The van der Waals surface area contributed by atoms with Crippen molar-refractivity contribution in [3.8, 4) is 0 Å². The van der Waals surface area contributed by atoms with Gasteiger partial charge in [-0.2, -0.15) is 27.1 Å². The minimum absolute atomic E-state index is 0.0168. The van der Waals surface area contributed by atoms with E-state index >= 15 is 0 Å². The zero-order valence-corrected chi connectivity index (χ0v) is 29.8. The number of carbonyl (C=O) groups is 4. The molecule has 282 valence electrons. The van der Waals surface area contributed by atoms with Crippen molar-refractivity contribution < 1.29 is 51.6 Å². The Morgan fingerprint density at radius 3 is 2.24 bits per heavy atom. The van der Waals surface area contributed by atoms with Gasteiger partial charge in [-0.1, -0.05) is 65.8 Å². The average Bonchev–Trinajstić information content (AvgIpc) is 3.58. The van der Waals surface area contributed by atoms with E-state index in [0.717, 1.165) is 22.7 Å². The van der Waals surface area contributed by atoms with Crippen LogP contribution in [-0.4, -0.2) is 73.7 Å². The number of anilines is 2. The van der Waals surface area contributed by atoms with Gasteiger partial charge in [0.1, 0.15) is 29.7 Å². The van der Waals surface area contributed by atoms with Crippen LogP contribution in [0.3, 0.4) is 0 Å². The van der Waals surface area contributed by atoms with Crippen LogP contribution < -0.4 is 26.5 Å². The molecule has 1 fully saturated rings. The number of fused-ring (bicyclic) bond motifs is 1. The van der Waals surface area contributed by atoms with Crippen molar-refractivity contribution in [2.45, 2.75) is 37.2 Å². The van der Waals surface area contributed by atoms with Gasteiger partial charge in [0, 0.05) is 28.9 Å². The molecule has 2 aromatic carbocycles. The molecule has 2 atom stereocenters. The maximum absolute atomic E-state index is 14.2. The number of β-lactam (4-membered cyclic amide) rings is 1. The number of oxime groups is 1. The van der Waals surface area contributed by atoms with Crippen molar-refractivity contribution in [2.24, 2.45) is 5.16 Å². The van der Waals surface area contributed by atoms with Crippen LogP contribution in [0.2, 0.25) is 0 Å². The molecule has 6 rings (SSSR count). The van der Waals surface area contributed by atoms with Gasteiger partial charge in [0.2, 0.25) is 11.5 Å². The number of alkyl halides is 3. The van der Waals surface area contributed by atoms with Gasteiger partial charge in [-0.05, 0) is 24.1 Å². The van der Waals surface area contributed by atoms with Crippen LogP contribution in [0.1, 0.15) is 30.0 Å². The molecule has 1 saturated heterocycles. The summed E-state index contributed by atoms with van der Waals surface area (Å²) in [5.74, 6) is -4.48. The predicted octanol–water partition coefficient (Wildman–Crippen LogP) is 1.72. The van der Waals surface area contributed by atoms with Gasteiger partial charge >= 0.3 is 12.1 Å². The number of aromatic nitrogens is 3. The number of rotatable bonds is 11. The number of benzene rings is 2. The standard InChI is InChI=1S/C32H30N8O5S2.C2HF3O2/c1-2-44-37-23(27-36-32(34)47-38-27)28(41)35-24-29(42)40-25(21(18-46-30(24)40)16-39-15-9-14-22(33)17-39)31(43)45-26(19-10-5-3-6-11-19)20-12-7-4-8-13-20;3-2(4,5)1(6)7/h3-15,17,24,26,30H,2,16,18,33H2,1H3,(H2-,34,35,36,38,41);(H,6,7)/t24?,30-;/m1./s1. The van der Waals surface area contributed by atoms with E-state index in [1.54, 1.807) is 25.3 Å². The summed E-state index contributed by atoms with van der Waals surface area (Å²) in [7, 11) is 0. The molecule has 0 bridgehead atoms. The highest BCUT2D eigenvalue weighted by Crippen LogP contribution is 2.42. The second kappa shape index (κ2) is 17.2. The molecule has 1 unspecified atom stereocenters. The van der Waals surface area contributed by atoms with E-state index in [-0.39, 0.29) is 29.0 Å². The SMILES string of the molecule is CCON=C(C(=O)NC1C(=O)N2C(C(=O)OC(c3ccccc3)c3ccccc3)=C(C[n+]3cccc(N)c3)CS[C@H]12)c1nsc(N)n1.O=C([O-])C(F)(F)F. The molecular formula is C34H31F3N8O7S2. The largest absolute Gasteiger partial charge is 0.542 e. The molecule has 0 radical (unpaired) electrons. The monoisotopic (exact) mass is 784 g/mol. The number of thioether (sulfide) groups is 1. The fourth-order valence-electron chi connectivity index (χ4n) is 5.26. The maximum Gasteiger partial charge on any atom is 0.430 e. The topological polar surface area (TPSA) is 219 Å². The lowest BCUT2D eigenvalue weighted by molar-refractivity contribution is -0.688. The number of amides is 2. The number of esters is 1. The Morgan fingerprint density at radius 1 is 1.07 bits per heavy atom. The van der Waals surface area contributed by atoms with Crippen LogP contribution in [-0.2, 0) is 35.3 Å². The van der Waals surface area contributed by atoms with Crippen LogP contribution in [0.25, 0.3) is 0 Å². The lowest BCUT2D eigenvalue weighted by Gasteiger charge is -2.49. The third-order valence-corrected chi connectivity index (χ3v) is 9.48. The number of halogens is 3. The number of hydrogen-bond donors (Lipinski definition) is 3. The Bertz CT molecular complexity index is 2030. The van der Waals surface area contributed by atoms with E-state index in [2.05, 4.69) is 19.8 Å². The van der Waals surface area contributed by atoms with E-state index in [0.29, 0.717) is 23.6 Å². The highest BCUT2D eigenvalue weighted by atomic mass is 32.2. The summed E-state index contributed by atoms with van der Waals surface area (Å²) in [6, 6.07) is 21.4. The zero-order chi connectivity index (χ0) is 39.0. The summed E-state index contributed by atoms with van der Waals surface area (Å²) in [4.78, 5) is 60.7. The smallest absolute Gasteiger partial charge is 0.430 e. The molecule has 0 spiro atoms. The Labute approximate surface area is 313 Å². The Morgan fingerprint density at radius 2 is 1.70 bits per heavy atom. The number of carboxylic acid groups (broad SMARTS) is 1. The van der Waals surface area contributed by atoms with Gasteiger partial charge in [0.15, 0.2) is 30.2 Å². The predicted molar refractivity (Wildman–Crippen MR) is 187 cm³/mol. The fourth-order valence-corrected chi connectivity index (χ4v) is 7.03. The molecule has 4 heterocycles. The minimum Gasteiger partial charge on any atom is -0.542 e. The second-order valence-electron chi connectivity index (χ2n) is 11.3. The van der Waals surface area contributed by atoms with Crippen molar-refractivity contribution >= 4 is 63.6 Å². The highest BCUT2D eigenvalue weighted by Gasteiger charge is 2.55. The normalized spacial score (nSPS) is 16.8. The molecule has 2 aliphatic rings. The van der Waals surface area contributed by atoms with Gasteiger partial charge in [-0.15, -0.1) is 11.8 Å². The number of ether oxygens (including phenoxy) is 1. The summed E-state index contributed by atoms with van der Waals surface area (Å²) in [5, 5.41) is 14.9. The van der Waals surface area contributed by atoms with Crippen molar-refractivity contribution in [1.82, 2.24) is 19.6 Å². The van der Waals surface area contributed by atoms with Crippen LogP contribution in [0.15, 0.2) is 102 Å². The van der Waals surface area contributed by atoms with E-state index < -0.39 is 47.4 Å². The highest BCUT2D eigenvalue weighted by molar-refractivity contribution is 8.00. The van der Waals surface area contributed by atoms with E-state index in [1.807, 2.05) is 71.4 Å². The molecule has 2 aromatic heterocycles. The molecule has 4 aromatic rings. The second-order valence-corrected chi connectivity index (χ2v) is 13.2. The van der Waals surface area contributed by atoms with Crippen molar-refractivity contribution in [2.75, 3.05) is 23.8 Å². The van der Waals surface area contributed by atoms with Crippen LogP contribution in [0.5, 0.6) is 0 Å². The van der Waals surface area contributed by atoms with Crippen molar-refractivity contribution in [3.05, 3.63) is 113 Å². The van der Waals surface area contributed by atoms with Gasteiger partial charge in [0.05, 0.1) is 5.69 Å².